The lowest BCUT2D eigenvalue weighted by atomic mass is 10.2. The van der Waals surface area contributed by atoms with Gasteiger partial charge in [0.15, 0.2) is 0 Å². The van der Waals surface area contributed by atoms with Crippen LogP contribution in [0.4, 0.5) is 13.2 Å². The third kappa shape index (κ3) is 13.1. The highest BCUT2D eigenvalue weighted by Crippen LogP contribution is 2.20. The maximum Gasteiger partial charge on any atom is 0.490 e. The summed E-state index contributed by atoms with van der Waals surface area (Å²) in [6.45, 7) is -1.88. The van der Waals surface area contributed by atoms with Gasteiger partial charge in [0.05, 0.1) is 61.3 Å². The zero-order valence-electron chi connectivity index (χ0n) is 23.0. The number of carboxylic acid groups (broad SMARTS) is 5. The number of hydrogen-bond donors (Lipinski definition) is 5. The van der Waals surface area contributed by atoms with Crippen LogP contribution in [0.3, 0.4) is 0 Å². The van der Waals surface area contributed by atoms with Crippen LogP contribution in [0.25, 0.3) is 22.8 Å². The molecule has 0 aliphatic rings. The lowest BCUT2D eigenvalue weighted by Crippen LogP contribution is -2.34. The Labute approximate surface area is 251 Å². The Morgan fingerprint density at radius 3 is 1.20 bits per heavy atom. The van der Waals surface area contributed by atoms with Crippen molar-refractivity contribution in [2.75, 3.05) is 26.2 Å². The molecule has 0 aliphatic heterocycles. The first kappa shape index (κ1) is 35.6. The number of hydrogen-bond acceptors (Lipinski definition) is 11. The summed E-state index contributed by atoms with van der Waals surface area (Å²) < 4.78 is 31.7. The predicted octanol–water partition coefficient (Wildman–Crippen LogP) is 1.18. The van der Waals surface area contributed by atoms with Crippen molar-refractivity contribution >= 4 is 29.8 Å². The van der Waals surface area contributed by atoms with Crippen molar-refractivity contribution in [1.82, 2.24) is 29.7 Å². The molecule has 45 heavy (non-hydrogen) atoms. The normalized spacial score (nSPS) is 11.0. The molecular formula is C26H25F3N6O10. The highest BCUT2D eigenvalue weighted by atomic mass is 19.4. The Balaban J connectivity index is 0.000000900. The van der Waals surface area contributed by atoms with E-state index in [1.165, 1.54) is 22.2 Å². The Kier molecular flexibility index (Phi) is 12.9. The van der Waals surface area contributed by atoms with E-state index in [-0.39, 0.29) is 13.1 Å². The highest BCUT2D eigenvalue weighted by molar-refractivity contribution is 5.73. The molecule has 0 unspecified atom stereocenters. The summed E-state index contributed by atoms with van der Waals surface area (Å²) in [6.07, 6.45) is -2.12. The van der Waals surface area contributed by atoms with Crippen molar-refractivity contribution < 1.29 is 62.7 Å². The quantitative estimate of drug-likeness (QED) is 0.166. The molecule has 3 rings (SSSR count). The van der Waals surface area contributed by atoms with E-state index in [0.29, 0.717) is 34.2 Å². The van der Waals surface area contributed by atoms with Crippen LogP contribution in [0.15, 0.2) is 48.8 Å². The Morgan fingerprint density at radius 2 is 0.911 bits per heavy atom. The average molecular weight is 639 g/mol. The summed E-state index contributed by atoms with van der Waals surface area (Å²) in [6, 6.07) is 10.0. The number of halogens is 3. The van der Waals surface area contributed by atoms with Crippen LogP contribution in [0, 0.1) is 0 Å². The SMILES string of the molecule is O=C(O)C(F)(F)F.O=C(O)CN(CC(=O)O)Cc1cccc(-c2cncc(-c3cccc(CN(CC(=O)O)CC(=O)O)n3)n2)n1. The van der Waals surface area contributed by atoms with E-state index in [0.717, 1.165) is 0 Å². The molecule has 16 nitrogen and oxygen atoms in total. The molecule has 0 radical (unpaired) electrons. The summed E-state index contributed by atoms with van der Waals surface area (Å²) in [5.41, 5.74) is 2.50. The maximum absolute atomic E-state index is 11.1. The van der Waals surface area contributed by atoms with Crippen molar-refractivity contribution in [2.24, 2.45) is 0 Å². The van der Waals surface area contributed by atoms with Gasteiger partial charge in [0.2, 0.25) is 0 Å². The number of carbonyl (C=O) groups is 5. The third-order valence-corrected chi connectivity index (χ3v) is 5.22. The van der Waals surface area contributed by atoms with Crippen molar-refractivity contribution in [3.8, 4) is 22.8 Å². The van der Waals surface area contributed by atoms with E-state index in [9.17, 15) is 32.3 Å². The number of alkyl halides is 3. The standard InChI is InChI=1S/C24H24N6O8.C2HF3O2/c31-21(32)11-29(12-22(33)34)9-15-3-1-5-17(26-15)19-7-25-8-20(28-19)18-6-2-4-16(27-18)10-30(13-23(35)36)14-24(37)38;3-2(4,5)1(6)7/h1-8H,9-14H2,(H,31,32)(H,33,34)(H,35,36)(H,37,38);(H,6,7). The van der Waals surface area contributed by atoms with Crippen LogP contribution < -0.4 is 0 Å². The van der Waals surface area contributed by atoms with Crippen molar-refractivity contribution in [3.05, 3.63) is 60.2 Å². The van der Waals surface area contributed by atoms with E-state index < -0.39 is 62.2 Å². The van der Waals surface area contributed by atoms with Gasteiger partial charge in [-0.25, -0.2) is 19.7 Å². The summed E-state index contributed by atoms with van der Waals surface area (Å²) in [5.74, 6) is -7.41. The third-order valence-electron chi connectivity index (χ3n) is 5.22. The fraction of sp³-hybridized carbons (Fsp3) is 0.269. The molecule has 19 heteroatoms. The van der Waals surface area contributed by atoms with Gasteiger partial charge in [-0.3, -0.25) is 34.0 Å². The van der Waals surface area contributed by atoms with Crippen molar-refractivity contribution in [2.45, 2.75) is 19.3 Å². The van der Waals surface area contributed by atoms with Gasteiger partial charge in [-0.2, -0.15) is 13.2 Å². The molecule has 0 saturated carbocycles. The van der Waals surface area contributed by atoms with Crippen LogP contribution in [0.1, 0.15) is 11.4 Å². The molecule has 0 aromatic carbocycles. The fourth-order valence-electron chi connectivity index (χ4n) is 3.59. The minimum atomic E-state index is -5.08. The second-order valence-electron chi connectivity index (χ2n) is 8.99. The zero-order valence-corrected chi connectivity index (χ0v) is 23.0. The van der Waals surface area contributed by atoms with Gasteiger partial charge in [-0.05, 0) is 24.3 Å². The van der Waals surface area contributed by atoms with Crippen LogP contribution in [0.2, 0.25) is 0 Å². The number of rotatable bonds is 14. The molecule has 0 bridgehead atoms. The predicted molar refractivity (Wildman–Crippen MR) is 143 cm³/mol. The van der Waals surface area contributed by atoms with Crippen LogP contribution in [-0.2, 0) is 37.1 Å². The first-order valence-corrected chi connectivity index (χ1v) is 12.4. The smallest absolute Gasteiger partial charge is 0.480 e. The topological polar surface area (TPSA) is 245 Å². The summed E-state index contributed by atoms with van der Waals surface area (Å²) in [4.78, 5) is 73.4. The van der Waals surface area contributed by atoms with Crippen LogP contribution in [0.5, 0.6) is 0 Å². The second-order valence-corrected chi connectivity index (χ2v) is 8.99. The monoisotopic (exact) mass is 638 g/mol. The number of carboxylic acids is 5. The van der Waals surface area contributed by atoms with Gasteiger partial charge in [0.25, 0.3) is 0 Å². The number of aliphatic carboxylic acids is 5. The van der Waals surface area contributed by atoms with Crippen LogP contribution >= 0.6 is 0 Å². The second kappa shape index (κ2) is 16.3. The molecule has 3 heterocycles. The first-order chi connectivity index (χ1) is 21.0. The summed E-state index contributed by atoms with van der Waals surface area (Å²) >= 11 is 0. The largest absolute Gasteiger partial charge is 0.490 e. The molecule has 240 valence electrons. The van der Waals surface area contributed by atoms with E-state index in [1.807, 2.05) is 0 Å². The Morgan fingerprint density at radius 1 is 0.578 bits per heavy atom. The molecule has 3 aromatic rings. The highest BCUT2D eigenvalue weighted by Gasteiger charge is 2.38. The zero-order chi connectivity index (χ0) is 33.7. The number of nitrogens with zero attached hydrogens (tertiary/aromatic N) is 6. The van der Waals surface area contributed by atoms with Crippen molar-refractivity contribution in [1.29, 1.82) is 0 Å². The molecule has 5 N–H and O–H groups in total. The lowest BCUT2D eigenvalue weighted by molar-refractivity contribution is -0.192. The summed E-state index contributed by atoms with van der Waals surface area (Å²) in [7, 11) is 0. The lowest BCUT2D eigenvalue weighted by Gasteiger charge is -2.18. The Bertz CT molecular complexity index is 1410. The van der Waals surface area contributed by atoms with E-state index in [1.54, 1.807) is 36.4 Å². The molecular weight excluding hydrogens is 613 g/mol. The van der Waals surface area contributed by atoms with Gasteiger partial charge in [-0.15, -0.1) is 0 Å². The molecule has 0 atom stereocenters. The summed E-state index contributed by atoms with van der Waals surface area (Å²) in [5, 5.41) is 43.4. The van der Waals surface area contributed by atoms with E-state index >= 15 is 0 Å². The van der Waals surface area contributed by atoms with Crippen LogP contribution in [-0.4, -0.2) is 117 Å². The van der Waals surface area contributed by atoms with Crippen molar-refractivity contribution in [3.63, 3.8) is 0 Å². The van der Waals surface area contributed by atoms with Gasteiger partial charge in [0, 0.05) is 13.1 Å². The maximum atomic E-state index is 11.1. The number of aromatic nitrogens is 4. The van der Waals surface area contributed by atoms with Gasteiger partial charge in [-0.1, -0.05) is 12.1 Å². The average Bonchev–Trinajstić information content (AvgIpc) is 2.92. The minimum absolute atomic E-state index is 0.00759. The molecule has 0 amide bonds. The first-order valence-electron chi connectivity index (χ1n) is 12.4. The minimum Gasteiger partial charge on any atom is -0.480 e. The number of pyridine rings is 2. The molecule has 3 aromatic heterocycles. The molecule has 0 saturated heterocycles. The molecule has 0 aliphatic carbocycles. The van der Waals surface area contributed by atoms with E-state index in [2.05, 4.69) is 19.9 Å². The van der Waals surface area contributed by atoms with E-state index in [4.69, 9.17) is 30.3 Å². The fourth-order valence-corrected chi connectivity index (χ4v) is 3.59. The molecule has 0 fully saturated rings. The van der Waals surface area contributed by atoms with Gasteiger partial charge < -0.3 is 25.5 Å². The van der Waals surface area contributed by atoms with Gasteiger partial charge >= 0.3 is 36.0 Å². The Hall–Kier alpha value is -5.56. The van der Waals surface area contributed by atoms with Gasteiger partial charge in [0.1, 0.15) is 11.4 Å². The molecule has 0 spiro atoms.